The van der Waals surface area contributed by atoms with E-state index < -0.39 is 12.1 Å². The van der Waals surface area contributed by atoms with Crippen LogP contribution in [0.3, 0.4) is 0 Å². The Kier molecular flexibility index (Phi) is 7.02. The minimum atomic E-state index is -5.08. The molecular weight excluding hydrogens is 455 g/mol. The largest absolute Gasteiger partial charge is 0.490 e. The number of alkyl halides is 3. The van der Waals surface area contributed by atoms with Crippen LogP contribution in [-0.4, -0.2) is 29.0 Å². The van der Waals surface area contributed by atoms with Gasteiger partial charge in [-0.3, -0.25) is 10.2 Å². The highest BCUT2D eigenvalue weighted by Gasteiger charge is 2.44. The number of nitrogen functional groups attached to an aromatic ring is 1. The highest BCUT2D eigenvalue weighted by molar-refractivity contribution is 9.10. The second-order valence-corrected chi connectivity index (χ2v) is 7.20. The molecule has 2 aromatic carbocycles. The number of carbonyl (C=O) groups is 2. The van der Waals surface area contributed by atoms with Crippen LogP contribution in [0.5, 0.6) is 0 Å². The molecule has 0 aromatic heterocycles. The number of carbonyl (C=O) groups excluding carboxylic acids is 1. The summed E-state index contributed by atoms with van der Waals surface area (Å²) < 4.78 is 32.7. The monoisotopic (exact) mass is 471 g/mol. The van der Waals surface area contributed by atoms with Gasteiger partial charge >= 0.3 is 12.1 Å². The van der Waals surface area contributed by atoms with E-state index in [0.717, 1.165) is 22.1 Å². The van der Waals surface area contributed by atoms with Crippen molar-refractivity contribution < 1.29 is 27.9 Å². The van der Waals surface area contributed by atoms with E-state index >= 15 is 0 Å². The number of carboxylic acid groups (broad SMARTS) is 1. The Morgan fingerprint density at radius 1 is 1.17 bits per heavy atom. The van der Waals surface area contributed by atoms with Crippen LogP contribution >= 0.6 is 15.9 Å². The molecule has 0 heterocycles. The van der Waals surface area contributed by atoms with Gasteiger partial charge in [-0.25, -0.2) is 4.79 Å². The van der Waals surface area contributed by atoms with Crippen LogP contribution in [-0.2, 0) is 9.59 Å². The number of rotatable bonds is 4. The second-order valence-electron chi connectivity index (χ2n) is 6.29. The van der Waals surface area contributed by atoms with E-state index in [-0.39, 0.29) is 23.6 Å². The predicted molar refractivity (Wildman–Crippen MR) is 105 cm³/mol. The van der Waals surface area contributed by atoms with E-state index in [1.54, 1.807) is 0 Å². The summed E-state index contributed by atoms with van der Waals surface area (Å²) in [5.74, 6) is -2.45. The molecule has 2 atom stereocenters. The van der Waals surface area contributed by atoms with Crippen LogP contribution in [0.4, 0.5) is 18.9 Å². The summed E-state index contributed by atoms with van der Waals surface area (Å²) in [6.07, 6.45) is -4.25. The lowest BCUT2D eigenvalue weighted by Gasteiger charge is -2.06. The summed E-state index contributed by atoms with van der Waals surface area (Å²) in [5.41, 5.74) is 8.09. The maximum Gasteiger partial charge on any atom is 0.490 e. The number of nitrogens with one attached hydrogen (secondary N) is 2. The van der Waals surface area contributed by atoms with Crippen molar-refractivity contribution in [1.29, 1.82) is 5.41 Å². The molecule has 1 aliphatic carbocycles. The van der Waals surface area contributed by atoms with Gasteiger partial charge in [-0.1, -0.05) is 34.1 Å². The van der Waals surface area contributed by atoms with Gasteiger partial charge in [0.25, 0.3) is 0 Å². The van der Waals surface area contributed by atoms with Crippen molar-refractivity contribution in [3.8, 4) is 0 Å². The number of hydrogen-bond acceptors (Lipinski definition) is 3. The Labute approximate surface area is 172 Å². The quantitative estimate of drug-likeness (QED) is 0.396. The number of aliphatic carboxylic acids is 1. The Morgan fingerprint density at radius 3 is 2.28 bits per heavy atom. The molecule has 3 rings (SSSR count). The van der Waals surface area contributed by atoms with Gasteiger partial charge in [-0.15, -0.1) is 0 Å². The van der Waals surface area contributed by atoms with Crippen molar-refractivity contribution in [3.05, 3.63) is 64.1 Å². The van der Waals surface area contributed by atoms with Crippen LogP contribution in [0.1, 0.15) is 23.5 Å². The van der Waals surface area contributed by atoms with Crippen molar-refractivity contribution in [2.45, 2.75) is 18.5 Å². The summed E-state index contributed by atoms with van der Waals surface area (Å²) in [6.45, 7) is 0. The van der Waals surface area contributed by atoms with Crippen LogP contribution < -0.4 is 11.1 Å². The first-order valence-corrected chi connectivity index (χ1v) is 9.09. The van der Waals surface area contributed by atoms with Crippen LogP contribution in [0.2, 0.25) is 0 Å². The summed E-state index contributed by atoms with van der Waals surface area (Å²) >= 11 is 3.37. The minimum absolute atomic E-state index is 0.00847. The number of amidine groups is 1. The summed E-state index contributed by atoms with van der Waals surface area (Å²) in [5, 5.41) is 17.6. The molecule has 0 radical (unpaired) electrons. The molecule has 10 heteroatoms. The fourth-order valence-corrected chi connectivity index (χ4v) is 2.82. The maximum absolute atomic E-state index is 12.3. The number of amides is 1. The van der Waals surface area contributed by atoms with Gasteiger partial charge in [0.1, 0.15) is 5.84 Å². The molecule has 1 aliphatic rings. The van der Waals surface area contributed by atoms with Gasteiger partial charge in [0.2, 0.25) is 5.91 Å². The van der Waals surface area contributed by atoms with Gasteiger partial charge in [0.15, 0.2) is 0 Å². The lowest BCUT2D eigenvalue weighted by molar-refractivity contribution is -0.192. The van der Waals surface area contributed by atoms with Crippen LogP contribution in [0.25, 0.3) is 0 Å². The molecule has 154 valence electrons. The first kappa shape index (κ1) is 22.4. The van der Waals surface area contributed by atoms with Gasteiger partial charge in [-0.2, -0.15) is 13.2 Å². The fraction of sp³-hybridized carbons (Fsp3) is 0.211. The van der Waals surface area contributed by atoms with E-state index in [4.69, 9.17) is 21.0 Å². The SMILES string of the molecule is N=C(N)c1cccc([C@H]2C[C@H]2C(=O)Nc2ccc(Br)cc2)c1.O=C(O)C(F)(F)F. The molecule has 29 heavy (non-hydrogen) atoms. The number of nitrogens with two attached hydrogens (primary N) is 1. The fourth-order valence-electron chi connectivity index (χ4n) is 2.56. The molecule has 5 N–H and O–H groups in total. The average Bonchev–Trinajstić information content (AvgIpc) is 3.44. The van der Waals surface area contributed by atoms with E-state index in [0.29, 0.717) is 5.56 Å². The second kappa shape index (κ2) is 9.08. The van der Waals surface area contributed by atoms with E-state index in [9.17, 15) is 18.0 Å². The molecule has 0 saturated heterocycles. The molecule has 0 aliphatic heterocycles. The molecule has 0 spiro atoms. The lowest BCUT2D eigenvalue weighted by atomic mass is 10.0. The normalized spacial score (nSPS) is 17.5. The number of hydrogen-bond donors (Lipinski definition) is 4. The van der Waals surface area contributed by atoms with E-state index in [2.05, 4.69) is 21.2 Å². The van der Waals surface area contributed by atoms with E-state index in [1.165, 1.54) is 0 Å². The predicted octanol–water partition coefficient (Wildman–Crippen LogP) is 4.11. The van der Waals surface area contributed by atoms with Crippen molar-refractivity contribution in [3.63, 3.8) is 0 Å². The minimum Gasteiger partial charge on any atom is -0.475 e. The summed E-state index contributed by atoms with van der Waals surface area (Å²) in [7, 11) is 0. The van der Waals surface area contributed by atoms with Gasteiger partial charge in [-0.05, 0) is 48.2 Å². The molecule has 1 fully saturated rings. The van der Waals surface area contributed by atoms with Gasteiger partial charge < -0.3 is 16.2 Å². The van der Waals surface area contributed by atoms with Crippen molar-refractivity contribution in [2.24, 2.45) is 11.7 Å². The van der Waals surface area contributed by atoms with Crippen molar-refractivity contribution in [2.75, 3.05) is 5.32 Å². The zero-order valence-electron chi connectivity index (χ0n) is 14.8. The first-order chi connectivity index (χ1) is 13.5. The number of carboxylic acids is 1. The van der Waals surface area contributed by atoms with Crippen LogP contribution in [0.15, 0.2) is 53.0 Å². The summed E-state index contributed by atoms with van der Waals surface area (Å²) in [6, 6.07) is 15.1. The maximum atomic E-state index is 12.3. The van der Waals surface area contributed by atoms with E-state index in [1.807, 2.05) is 48.5 Å². The molecule has 1 amide bonds. The zero-order chi connectivity index (χ0) is 21.8. The Bertz CT molecular complexity index is 917. The van der Waals surface area contributed by atoms with Crippen LogP contribution in [0, 0.1) is 11.3 Å². The average molecular weight is 472 g/mol. The third-order valence-corrected chi connectivity index (χ3v) is 4.64. The third-order valence-electron chi connectivity index (χ3n) is 4.11. The number of benzene rings is 2. The zero-order valence-corrected chi connectivity index (χ0v) is 16.4. The Balaban J connectivity index is 0.000000370. The highest BCUT2D eigenvalue weighted by atomic mass is 79.9. The Hall–Kier alpha value is -2.88. The molecule has 0 unspecified atom stereocenters. The standard InChI is InChI=1S/C17H16BrN3O.C2HF3O2/c18-12-4-6-13(7-5-12)21-17(22)15-9-14(15)10-2-1-3-11(8-10)16(19)20;3-2(4,5)1(6)7/h1-8,14-15H,9H2,(H3,19,20)(H,21,22);(H,6,7)/t14-,15-;/m1./s1. The topological polar surface area (TPSA) is 116 Å². The smallest absolute Gasteiger partial charge is 0.475 e. The summed E-state index contributed by atoms with van der Waals surface area (Å²) in [4.78, 5) is 21.2. The first-order valence-electron chi connectivity index (χ1n) is 8.30. The lowest BCUT2D eigenvalue weighted by Crippen LogP contribution is -2.21. The highest BCUT2D eigenvalue weighted by Crippen LogP contribution is 2.48. The van der Waals surface area contributed by atoms with Crippen molar-refractivity contribution >= 4 is 39.3 Å². The molecular formula is C19H17BrF3N3O3. The number of halogens is 4. The molecule has 6 nitrogen and oxygen atoms in total. The molecule has 1 saturated carbocycles. The Morgan fingerprint density at radius 2 is 1.76 bits per heavy atom. The third kappa shape index (κ3) is 6.60. The van der Waals surface area contributed by atoms with Gasteiger partial charge in [0.05, 0.1) is 0 Å². The number of anilines is 1. The molecule has 0 bridgehead atoms. The van der Waals surface area contributed by atoms with Crippen molar-refractivity contribution in [1.82, 2.24) is 0 Å². The molecule has 2 aromatic rings. The van der Waals surface area contributed by atoms with Gasteiger partial charge in [0, 0.05) is 21.6 Å².